The van der Waals surface area contributed by atoms with E-state index in [4.69, 9.17) is 0 Å². The number of fused-ring (bicyclic) bond motifs is 96. The lowest BCUT2D eigenvalue weighted by atomic mass is 9.53. The summed E-state index contributed by atoms with van der Waals surface area (Å²) >= 11 is 0. The molecule has 0 radical (unpaired) electrons. The highest BCUT2D eigenvalue weighted by atomic mass is 14.8. The van der Waals surface area contributed by atoms with E-state index in [9.17, 15) is 0 Å². The van der Waals surface area contributed by atoms with Crippen LogP contribution in [0.25, 0.3) is 0 Å². The zero-order valence-corrected chi connectivity index (χ0v) is 87.2. The second-order valence-electron chi connectivity index (χ2n) is 63.7. The van der Waals surface area contributed by atoms with Gasteiger partial charge in [-0.25, -0.2) is 0 Å². The van der Waals surface area contributed by atoms with Crippen LogP contribution in [0.2, 0.25) is 0 Å². The summed E-state index contributed by atoms with van der Waals surface area (Å²) in [4.78, 5) is 0. The Morgan fingerprint density at radius 3 is 0.926 bits per heavy atom. The zero-order chi connectivity index (χ0) is 89.5. The van der Waals surface area contributed by atoms with Gasteiger partial charge in [0, 0.05) is 0 Å². The SMILES string of the molecule is C1=CC2C(C1)C1CC2C2C3C=CC(C3)C12.C1=CC2CC1C1C3CC(C4CCCC43)C21.CC12C=CC(C1)C1C2C2CC1(C)C1CCCC21.CC12C=CC(C1)C1C2C2CC1(C)C1CCCCC21.CC12C=CC(C1)C1C3CC(C)(C4CCCC34)C12.CC12C=CC(C1)C1C3CC(C)(C4CCCCC34)C12.CC1C2C=CC1C1C3C(C)C(C4CCCC43)C21.CC1C2C=CC1C1C3C(C)C(C4CCCCC43)C21. The van der Waals surface area contributed by atoms with E-state index in [1.807, 2.05) is 0 Å². The standard InChI is InChI=1S/3C18H26.3C17H24.C15H20.C15H18/c1-17-8-7-11(9-17)15-16(17)13-10-18(15,2)14-6-4-3-5-12(13)14;1-17-8-7-11(9-17)15-13-10-18(2,16(15)17)14-6-4-3-5-12(13)14;1-9-11-7-8-12(9)18-16-10(2)15(17(11)18)13-5-3-4-6-14(13)16;1-16-7-6-10(8-16)14-15(16)12-9-17(14,2)13-5-3-4-11(12)13;1-16-7-6-10(8-16)14-12-9-17(2,15(14)16)13-5-3-4-11(12)13;1-8-10-6-7-11(8)17-15-9(2)14(16(10)17)12-4-3-5-13(12)15;2*1-2-10-11(3-1)13-7-12(10)14-8-4-5-9(6-8)15(13)14/h2*7-8,11-16H,3-6,9-10H2,1-2H3;7-18H,3-6H2,1-2H3;2*6-7,10-15H,3-5,8-9H2,1-2H3;6-17H,3-5H2,1-2H3;4-5,8-15H,1-3,6-7H2;1-2,4-5,8-15H,3,6-7H2. The molecule has 0 aromatic heterocycles. The van der Waals surface area contributed by atoms with Gasteiger partial charge in [-0.2, -0.15) is 0 Å². The van der Waals surface area contributed by atoms with Crippen LogP contribution in [-0.2, 0) is 0 Å². The maximum Gasteiger partial charge on any atom is -0.0104 e. The summed E-state index contributed by atoms with van der Waals surface area (Å²) in [5.41, 5.74) is 5.29. The van der Waals surface area contributed by atoms with Gasteiger partial charge in [0.1, 0.15) is 0 Å². The lowest BCUT2D eigenvalue weighted by Gasteiger charge is -2.51. The average Bonchev–Trinajstić information content (AvgIpc) is 1.50. The second kappa shape index (κ2) is 28.5. The van der Waals surface area contributed by atoms with Gasteiger partial charge in [0.25, 0.3) is 0 Å². The fourth-order valence-corrected chi connectivity index (χ4v) is 59.9. The van der Waals surface area contributed by atoms with Crippen molar-refractivity contribution in [3.05, 3.63) is 109 Å². The number of hydrogen-bond donors (Lipinski definition) is 0. The first-order valence-electron chi connectivity index (χ1n) is 62.7. The molecule has 0 heteroatoms. The molecule has 728 valence electrons. The van der Waals surface area contributed by atoms with E-state index in [1.165, 1.54) is 114 Å². The molecule has 31 fully saturated rings. The van der Waals surface area contributed by atoms with Gasteiger partial charge in [-0.05, 0) is 572 Å². The third-order valence-corrected chi connectivity index (χ3v) is 61.1. The number of hydrogen-bond acceptors (Lipinski definition) is 0. The van der Waals surface area contributed by atoms with Crippen molar-refractivity contribution in [2.45, 2.75) is 321 Å². The van der Waals surface area contributed by atoms with Crippen molar-refractivity contribution >= 4 is 0 Å². The molecule has 40 aliphatic carbocycles. The molecule has 135 heavy (non-hydrogen) atoms. The molecule has 64 unspecified atom stereocenters. The van der Waals surface area contributed by atoms with Gasteiger partial charge in [0.2, 0.25) is 0 Å². The summed E-state index contributed by atoms with van der Waals surface area (Å²) in [5, 5.41) is 0. The van der Waals surface area contributed by atoms with Crippen LogP contribution in [-0.4, -0.2) is 0 Å². The maximum atomic E-state index is 2.69. The predicted molar refractivity (Wildman–Crippen MR) is 550 cm³/mol. The van der Waals surface area contributed by atoms with E-state index in [2.05, 4.69) is 192 Å². The van der Waals surface area contributed by atoms with Gasteiger partial charge < -0.3 is 0 Å². The molecule has 40 rings (SSSR count). The first kappa shape index (κ1) is 84.8. The topological polar surface area (TPSA) is 0 Å². The summed E-state index contributed by atoms with van der Waals surface area (Å²) in [6.07, 6.45) is 104. The van der Waals surface area contributed by atoms with Crippen molar-refractivity contribution in [3.63, 3.8) is 0 Å². The highest BCUT2D eigenvalue weighted by Gasteiger charge is 2.80. The summed E-state index contributed by atoms with van der Waals surface area (Å²) < 4.78 is 0. The molecular formula is C135H188. The van der Waals surface area contributed by atoms with Crippen LogP contribution < -0.4 is 0 Å². The van der Waals surface area contributed by atoms with E-state index >= 15 is 0 Å². The van der Waals surface area contributed by atoms with Crippen molar-refractivity contribution in [3.8, 4) is 0 Å². The molecule has 0 aromatic rings. The minimum atomic E-state index is 0.585. The van der Waals surface area contributed by atoms with Crippen molar-refractivity contribution < 1.29 is 0 Å². The molecule has 64 atom stereocenters. The minimum absolute atomic E-state index is 0.585. The Hall–Kier alpha value is -2.34. The van der Waals surface area contributed by atoms with Crippen molar-refractivity contribution in [2.75, 3.05) is 0 Å². The molecule has 0 saturated heterocycles. The van der Waals surface area contributed by atoms with Crippen LogP contribution in [0.5, 0.6) is 0 Å². The summed E-state index contributed by atoms with van der Waals surface area (Å²) in [5.74, 6) is 64.8. The van der Waals surface area contributed by atoms with Crippen LogP contribution in [0.1, 0.15) is 321 Å². The molecule has 0 aliphatic heterocycles. The van der Waals surface area contributed by atoms with Crippen LogP contribution in [0, 0.1) is 398 Å². The monoisotopic (exact) mass is 1810 g/mol. The van der Waals surface area contributed by atoms with Crippen LogP contribution >= 0.6 is 0 Å². The number of allylic oxidation sites excluding steroid dienone is 18. The Morgan fingerprint density at radius 1 is 0.185 bits per heavy atom. The van der Waals surface area contributed by atoms with E-state index in [0.29, 0.717) is 27.1 Å². The Morgan fingerprint density at radius 2 is 0.496 bits per heavy atom. The van der Waals surface area contributed by atoms with Crippen LogP contribution in [0.3, 0.4) is 0 Å². The molecule has 31 saturated carbocycles. The van der Waals surface area contributed by atoms with Gasteiger partial charge in [0.05, 0.1) is 0 Å². The van der Waals surface area contributed by atoms with Gasteiger partial charge >= 0.3 is 0 Å². The molecular weight excluding hydrogens is 1620 g/mol. The lowest BCUT2D eigenvalue weighted by molar-refractivity contribution is -0.0188. The van der Waals surface area contributed by atoms with Gasteiger partial charge in [0.15, 0.2) is 0 Å². The van der Waals surface area contributed by atoms with Gasteiger partial charge in [-0.15, -0.1) is 0 Å². The minimum Gasteiger partial charge on any atom is -0.0879 e. The molecule has 32 bridgehead atoms. The molecule has 0 N–H and O–H groups in total. The van der Waals surface area contributed by atoms with Crippen LogP contribution in [0.15, 0.2) is 109 Å². The molecule has 0 nitrogen and oxygen atoms in total. The summed E-state index contributed by atoms with van der Waals surface area (Å²) in [6, 6.07) is 0. The molecule has 0 spiro atoms. The third kappa shape index (κ3) is 10.4. The Balaban J connectivity index is 0.0000000695. The van der Waals surface area contributed by atoms with E-state index < -0.39 is 0 Å². The smallest absolute Gasteiger partial charge is 0.0104 e. The summed E-state index contributed by atoms with van der Waals surface area (Å²) in [6.45, 7) is 31.4. The van der Waals surface area contributed by atoms with Crippen molar-refractivity contribution in [1.29, 1.82) is 0 Å². The van der Waals surface area contributed by atoms with E-state index in [-0.39, 0.29) is 0 Å². The van der Waals surface area contributed by atoms with Crippen molar-refractivity contribution in [2.24, 2.45) is 398 Å². The van der Waals surface area contributed by atoms with E-state index in [1.54, 1.807) is 148 Å². The fourth-order valence-electron chi connectivity index (χ4n) is 59.9. The molecule has 0 amide bonds. The lowest BCUT2D eigenvalue weighted by Crippen LogP contribution is -2.46. The van der Waals surface area contributed by atoms with Gasteiger partial charge in [-0.3, -0.25) is 0 Å². The molecule has 0 aromatic carbocycles. The normalized spacial score (nSPS) is 68.4. The zero-order valence-electron chi connectivity index (χ0n) is 87.2. The average molecular weight is 1810 g/mol. The highest BCUT2D eigenvalue weighted by molar-refractivity contribution is 5.37. The first-order valence-corrected chi connectivity index (χ1v) is 62.7. The largest absolute Gasteiger partial charge is 0.0879 e. The summed E-state index contributed by atoms with van der Waals surface area (Å²) in [7, 11) is 0. The fraction of sp³-hybridized carbons (Fsp3) is 0.867. The highest BCUT2D eigenvalue weighted by Crippen LogP contribution is 2.86. The van der Waals surface area contributed by atoms with Crippen LogP contribution in [0.4, 0.5) is 0 Å². The molecule has 0 heterocycles. The third-order valence-electron chi connectivity index (χ3n) is 61.1. The first-order chi connectivity index (χ1) is 65.5. The van der Waals surface area contributed by atoms with Crippen molar-refractivity contribution in [1.82, 2.24) is 0 Å². The number of rotatable bonds is 0. The Bertz CT molecular complexity index is 4980. The maximum absolute atomic E-state index is 2.69. The Labute approximate surface area is 822 Å². The second-order valence-corrected chi connectivity index (χ2v) is 63.7. The molecule has 40 aliphatic rings. The van der Waals surface area contributed by atoms with Gasteiger partial charge in [-0.1, -0.05) is 257 Å². The predicted octanol–water partition coefficient (Wildman–Crippen LogP) is 33.0. The quantitative estimate of drug-likeness (QED) is 0.168. The Kier molecular flexibility index (Phi) is 17.9. The van der Waals surface area contributed by atoms with E-state index in [0.717, 1.165) is 348 Å².